The molecule has 106 valence electrons. The standard InChI is InChI=1S/C18H22O2/c1-12-9-13(2)18(17(19)10-12)20-16-8-7-14-5-3-4-6-15(14)11-16/h3-8,11-13,17-19H,9-10H2,1-2H3. The first-order chi connectivity index (χ1) is 9.63. The van der Waals surface area contributed by atoms with Gasteiger partial charge in [-0.15, -0.1) is 0 Å². The number of hydrogen-bond donors (Lipinski definition) is 1. The molecule has 1 saturated carbocycles. The van der Waals surface area contributed by atoms with Crippen molar-refractivity contribution in [3.05, 3.63) is 42.5 Å². The molecular weight excluding hydrogens is 248 g/mol. The first-order valence-electron chi connectivity index (χ1n) is 7.47. The van der Waals surface area contributed by atoms with Crippen molar-refractivity contribution in [1.82, 2.24) is 0 Å². The van der Waals surface area contributed by atoms with Gasteiger partial charge in [-0.05, 0) is 47.6 Å². The summed E-state index contributed by atoms with van der Waals surface area (Å²) in [7, 11) is 0. The molecule has 0 heterocycles. The zero-order valence-electron chi connectivity index (χ0n) is 12.1. The second-order valence-corrected chi connectivity index (χ2v) is 6.21. The molecule has 0 aliphatic heterocycles. The van der Waals surface area contributed by atoms with Crippen LogP contribution >= 0.6 is 0 Å². The Bertz CT molecular complexity index is 581. The molecule has 0 aromatic heterocycles. The highest BCUT2D eigenvalue weighted by Crippen LogP contribution is 2.32. The molecule has 2 aromatic carbocycles. The summed E-state index contributed by atoms with van der Waals surface area (Å²) < 4.78 is 6.09. The summed E-state index contributed by atoms with van der Waals surface area (Å²) in [6.45, 7) is 4.37. The number of rotatable bonds is 2. The maximum Gasteiger partial charge on any atom is 0.127 e. The molecule has 1 aliphatic carbocycles. The van der Waals surface area contributed by atoms with E-state index in [4.69, 9.17) is 4.74 Å². The van der Waals surface area contributed by atoms with Gasteiger partial charge in [0.25, 0.3) is 0 Å². The van der Waals surface area contributed by atoms with Gasteiger partial charge in [-0.1, -0.05) is 44.2 Å². The monoisotopic (exact) mass is 270 g/mol. The Morgan fingerprint density at radius 2 is 1.75 bits per heavy atom. The molecule has 0 bridgehead atoms. The summed E-state index contributed by atoms with van der Waals surface area (Å²) in [6.07, 6.45) is 1.50. The molecular formula is C18H22O2. The van der Waals surface area contributed by atoms with Crippen LogP contribution in [0.25, 0.3) is 10.8 Å². The van der Waals surface area contributed by atoms with Gasteiger partial charge in [-0.3, -0.25) is 0 Å². The van der Waals surface area contributed by atoms with Crippen LogP contribution in [0.2, 0.25) is 0 Å². The number of aliphatic hydroxyl groups is 1. The molecule has 0 saturated heterocycles. The van der Waals surface area contributed by atoms with Crippen molar-refractivity contribution in [2.24, 2.45) is 11.8 Å². The van der Waals surface area contributed by atoms with Crippen molar-refractivity contribution in [2.45, 2.75) is 38.9 Å². The molecule has 1 N–H and O–H groups in total. The fourth-order valence-corrected chi connectivity index (χ4v) is 3.38. The van der Waals surface area contributed by atoms with Crippen LogP contribution in [0.5, 0.6) is 5.75 Å². The van der Waals surface area contributed by atoms with Crippen molar-refractivity contribution < 1.29 is 9.84 Å². The zero-order chi connectivity index (χ0) is 14.1. The van der Waals surface area contributed by atoms with E-state index in [-0.39, 0.29) is 12.2 Å². The van der Waals surface area contributed by atoms with E-state index in [1.807, 2.05) is 18.2 Å². The van der Waals surface area contributed by atoms with E-state index < -0.39 is 0 Å². The van der Waals surface area contributed by atoms with Crippen LogP contribution in [0.15, 0.2) is 42.5 Å². The summed E-state index contributed by atoms with van der Waals surface area (Å²) in [5.74, 6) is 1.82. The molecule has 1 aliphatic rings. The topological polar surface area (TPSA) is 29.5 Å². The van der Waals surface area contributed by atoms with E-state index in [1.165, 1.54) is 10.8 Å². The lowest BCUT2D eigenvalue weighted by Gasteiger charge is -2.36. The number of fused-ring (bicyclic) bond motifs is 1. The third-order valence-electron chi connectivity index (χ3n) is 4.35. The Balaban J connectivity index is 1.81. The zero-order valence-corrected chi connectivity index (χ0v) is 12.1. The van der Waals surface area contributed by atoms with E-state index in [1.54, 1.807) is 0 Å². The molecule has 20 heavy (non-hydrogen) atoms. The molecule has 3 rings (SSSR count). The van der Waals surface area contributed by atoms with E-state index in [2.05, 4.69) is 38.1 Å². The highest BCUT2D eigenvalue weighted by atomic mass is 16.5. The molecule has 2 heteroatoms. The summed E-state index contributed by atoms with van der Waals surface area (Å²) >= 11 is 0. The number of aliphatic hydroxyl groups excluding tert-OH is 1. The lowest BCUT2D eigenvalue weighted by molar-refractivity contribution is -0.0387. The average Bonchev–Trinajstić information content (AvgIpc) is 2.42. The van der Waals surface area contributed by atoms with Crippen LogP contribution in [0.1, 0.15) is 26.7 Å². The fraction of sp³-hybridized carbons (Fsp3) is 0.444. The van der Waals surface area contributed by atoms with Crippen LogP contribution < -0.4 is 4.74 Å². The molecule has 4 atom stereocenters. The largest absolute Gasteiger partial charge is 0.487 e. The molecule has 2 aromatic rings. The van der Waals surface area contributed by atoms with Crippen molar-refractivity contribution in [1.29, 1.82) is 0 Å². The van der Waals surface area contributed by atoms with Crippen molar-refractivity contribution in [3.8, 4) is 5.75 Å². The predicted octanol–water partition coefficient (Wildman–Crippen LogP) is 4.01. The first-order valence-corrected chi connectivity index (χ1v) is 7.47. The minimum atomic E-state index is -0.361. The summed E-state index contributed by atoms with van der Waals surface area (Å²) in [5.41, 5.74) is 0. The van der Waals surface area contributed by atoms with Gasteiger partial charge < -0.3 is 9.84 Å². The maximum atomic E-state index is 10.3. The normalized spacial score (nSPS) is 30.4. The van der Waals surface area contributed by atoms with Gasteiger partial charge in [-0.25, -0.2) is 0 Å². The number of ether oxygens (including phenoxy) is 1. The molecule has 1 fully saturated rings. The highest BCUT2D eigenvalue weighted by Gasteiger charge is 2.34. The quantitative estimate of drug-likeness (QED) is 0.893. The summed E-state index contributed by atoms with van der Waals surface area (Å²) in [4.78, 5) is 0. The van der Waals surface area contributed by atoms with Crippen LogP contribution in [-0.2, 0) is 0 Å². The van der Waals surface area contributed by atoms with Crippen LogP contribution in [0.3, 0.4) is 0 Å². The summed E-state index contributed by atoms with van der Waals surface area (Å²) in [6, 6.07) is 14.4. The Labute approximate surface area is 120 Å². The van der Waals surface area contributed by atoms with Gasteiger partial charge in [0.1, 0.15) is 11.9 Å². The van der Waals surface area contributed by atoms with Gasteiger partial charge in [0.15, 0.2) is 0 Å². The van der Waals surface area contributed by atoms with Gasteiger partial charge in [-0.2, -0.15) is 0 Å². The lowest BCUT2D eigenvalue weighted by Crippen LogP contribution is -2.43. The highest BCUT2D eigenvalue weighted by molar-refractivity contribution is 5.83. The van der Waals surface area contributed by atoms with Gasteiger partial charge in [0, 0.05) is 0 Å². The van der Waals surface area contributed by atoms with Gasteiger partial charge >= 0.3 is 0 Å². The smallest absolute Gasteiger partial charge is 0.127 e. The molecule has 0 spiro atoms. The van der Waals surface area contributed by atoms with Gasteiger partial charge in [0.05, 0.1) is 6.10 Å². The number of benzene rings is 2. The Hall–Kier alpha value is -1.54. The van der Waals surface area contributed by atoms with Crippen LogP contribution in [0.4, 0.5) is 0 Å². The fourth-order valence-electron chi connectivity index (χ4n) is 3.38. The average molecular weight is 270 g/mol. The van der Waals surface area contributed by atoms with Crippen LogP contribution in [0, 0.1) is 11.8 Å². The van der Waals surface area contributed by atoms with Crippen molar-refractivity contribution in [2.75, 3.05) is 0 Å². The van der Waals surface area contributed by atoms with E-state index in [0.29, 0.717) is 11.8 Å². The Morgan fingerprint density at radius 1 is 1.00 bits per heavy atom. The SMILES string of the molecule is CC1CC(C)C(Oc2ccc3ccccc3c2)C(O)C1. The van der Waals surface area contributed by atoms with Crippen molar-refractivity contribution >= 4 is 10.8 Å². The predicted molar refractivity (Wildman–Crippen MR) is 81.9 cm³/mol. The second kappa shape index (κ2) is 5.45. The molecule has 4 unspecified atom stereocenters. The van der Waals surface area contributed by atoms with E-state index >= 15 is 0 Å². The van der Waals surface area contributed by atoms with Gasteiger partial charge in [0.2, 0.25) is 0 Å². The third-order valence-corrected chi connectivity index (χ3v) is 4.35. The minimum absolute atomic E-state index is 0.0904. The Morgan fingerprint density at radius 3 is 2.50 bits per heavy atom. The van der Waals surface area contributed by atoms with E-state index in [9.17, 15) is 5.11 Å². The molecule has 0 radical (unpaired) electrons. The lowest BCUT2D eigenvalue weighted by atomic mass is 9.79. The Kier molecular flexibility index (Phi) is 3.66. The minimum Gasteiger partial charge on any atom is -0.487 e. The third kappa shape index (κ3) is 2.66. The maximum absolute atomic E-state index is 10.3. The number of hydrogen-bond acceptors (Lipinski definition) is 2. The van der Waals surface area contributed by atoms with Crippen LogP contribution in [-0.4, -0.2) is 17.3 Å². The van der Waals surface area contributed by atoms with Crippen molar-refractivity contribution in [3.63, 3.8) is 0 Å². The first kappa shape index (κ1) is 13.4. The molecule has 2 nitrogen and oxygen atoms in total. The second-order valence-electron chi connectivity index (χ2n) is 6.21. The van der Waals surface area contributed by atoms with E-state index in [0.717, 1.165) is 18.6 Å². The molecule has 0 amide bonds. The summed E-state index contributed by atoms with van der Waals surface area (Å²) in [5, 5.41) is 12.7.